The molecule has 0 aliphatic carbocycles. The van der Waals surface area contributed by atoms with E-state index in [-0.39, 0.29) is 6.04 Å². The largest absolute Gasteiger partial charge is 0.389 e. The predicted octanol–water partition coefficient (Wildman–Crippen LogP) is 0.992. The van der Waals surface area contributed by atoms with Gasteiger partial charge in [-0.25, -0.2) is 5.43 Å². The summed E-state index contributed by atoms with van der Waals surface area (Å²) in [5, 5.41) is 11.7. The lowest BCUT2D eigenvalue weighted by molar-refractivity contribution is 0.00855. The van der Waals surface area contributed by atoms with Crippen molar-refractivity contribution in [2.75, 3.05) is 14.1 Å². The molecule has 0 heterocycles. The molecule has 0 amide bonds. The Balaban J connectivity index is 4.04. The topological polar surface area (TPSA) is 35.5 Å². The van der Waals surface area contributed by atoms with Gasteiger partial charge in [-0.15, -0.1) is 0 Å². The second-order valence-electron chi connectivity index (χ2n) is 4.02. The minimum atomic E-state index is -0.652. The van der Waals surface area contributed by atoms with Gasteiger partial charge >= 0.3 is 0 Å². The minimum absolute atomic E-state index is 0.137. The number of rotatable bonds is 5. The average Bonchev–Trinajstić information content (AvgIpc) is 1.83. The first-order valence-electron chi connectivity index (χ1n) is 4.53. The number of hydrogen-bond donors (Lipinski definition) is 2. The molecule has 0 bridgehead atoms. The summed E-state index contributed by atoms with van der Waals surface area (Å²) in [7, 11) is 3.88. The Morgan fingerprint density at radius 2 is 1.92 bits per heavy atom. The molecular formula is C9H22N2O. The lowest BCUT2D eigenvalue weighted by atomic mass is 9.95. The number of nitrogens with one attached hydrogen (secondary N) is 1. The quantitative estimate of drug-likeness (QED) is 0.610. The molecular weight excluding hydrogens is 152 g/mol. The second-order valence-corrected chi connectivity index (χ2v) is 4.02. The van der Waals surface area contributed by atoms with Crippen LogP contribution in [0.2, 0.25) is 0 Å². The van der Waals surface area contributed by atoms with Gasteiger partial charge in [-0.2, -0.15) is 0 Å². The molecule has 3 nitrogen and oxygen atoms in total. The van der Waals surface area contributed by atoms with Crippen LogP contribution in [0.15, 0.2) is 0 Å². The van der Waals surface area contributed by atoms with E-state index in [4.69, 9.17) is 0 Å². The van der Waals surface area contributed by atoms with Gasteiger partial charge in [0.2, 0.25) is 0 Å². The fourth-order valence-electron chi connectivity index (χ4n) is 1.18. The van der Waals surface area contributed by atoms with E-state index < -0.39 is 5.60 Å². The van der Waals surface area contributed by atoms with E-state index in [1.807, 2.05) is 33.0 Å². The molecule has 3 heteroatoms. The van der Waals surface area contributed by atoms with Crippen molar-refractivity contribution in [3.05, 3.63) is 0 Å². The first-order chi connectivity index (χ1) is 5.38. The molecule has 0 spiro atoms. The zero-order valence-corrected chi connectivity index (χ0v) is 8.89. The number of aliphatic hydroxyl groups is 1. The van der Waals surface area contributed by atoms with Crippen molar-refractivity contribution >= 4 is 0 Å². The van der Waals surface area contributed by atoms with E-state index in [2.05, 4.69) is 12.3 Å². The van der Waals surface area contributed by atoms with Crippen LogP contribution >= 0.6 is 0 Å². The molecule has 0 saturated heterocycles. The molecule has 0 saturated carbocycles. The molecule has 0 aromatic carbocycles. The van der Waals surface area contributed by atoms with Gasteiger partial charge in [-0.05, 0) is 20.3 Å². The summed E-state index contributed by atoms with van der Waals surface area (Å²) in [5.74, 6) is 0. The SMILES string of the molecule is CCCC(NN(C)C)C(C)(C)O. The molecule has 0 fully saturated rings. The summed E-state index contributed by atoms with van der Waals surface area (Å²) in [6.45, 7) is 5.80. The van der Waals surface area contributed by atoms with Gasteiger partial charge in [0, 0.05) is 20.1 Å². The van der Waals surface area contributed by atoms with Crippen molar-refractivity contribution in [3.63, 3.8) is 0 Å². The molecule has 12 heavy (non-hydrogen) atoms. The van der Waals surface area contributed by atoms with Gasteiger partial charge in [0.05, 0.1) is 5.60 Å². The van der Waals surface area contributed by atoms with E-state index >= 15 is 0 Å². The summed E-state index contributed by atoms with van der Waals surface area (Å²) < 4.78 is 0. The summed E-state index contributed by atoms with van der Waals surface area (Å²) in [5.41, 5.74) is 2.55. The maximum atomic E-state index is 9.77. The lowest BCUT2D eigenvalue weighted by Gasteiger charge is -2.32. The molecule has 0 radical (unpaired) electrons. The third-order valence-electron chi connectivity index (χ3n) is 1.84. The molecule has 1 atom stereocenters. The monoisotopic (exact) mass is 174 g/mol. The van der Waals surface area contributed by atoms with Gasteiger partial charge < -0.3 is 5.11 Å². The molecule has 0 aliphatic heterocycles. The van der Waals surface area contributed by atoms with Crippen LogP contribution in [0.5, 0.6) is 0 Å². The Kier molecular flexibility index (Phi) is 4.75. The van der Waals surface area contributed by atoms with Gasteiger partial charge in [-0.1, -0.05) is 13.3 Å². The van der Waals surface area contributed by atoms with Crippen LogP contribution < -0.4 is 5.43 Å². The minimum Gasteiger partial charge on any atom is -0.389 e. The summed E-state index contributed by atoms with van der Waals surface area (Å²) >= 11 is 0. The smallest absolute Gasteiger partial charge is 0.0757 e. The normalized spacial score (nSPS) is 15.2. The van der Waals surface area contributed by atoms with Crippen LogP contribution in [-0.4, -0.2) is 35.9 Å². The summed E-state index contributed by atoms with van der Waals surface area (Å²) in [6, 6.07) is 0.137. The Labute approximate surface area is 75.7 Å². The van der Waals surface area contributed by atoms with Crippen LogP contribution in [0.25, 0.3) is 0 Å². The van der Waals surface area contributed by atoms with Crippen molar-refractivity contribution in [2.45, 2.75) is 45.3 Å². The van der Waals surface area contributed by atoms with Gasteiger partial charge in [0.25, 0.3) is 0 Å². The molecule has 0 aromatic rings. The lowest BCUT2D eigenvalue weighted by Crippen LogP contribution is -2.51. The third-order valence-corrected chi connectivity index (χ3v) is 1.84. The highest BCUT2D eigenvalue weighted by Crippen LogP contribution is 2.13. The molecule has 2 N–H and O–H groups in total. The van der Waals surface area contributed by atoms with Crippen molar-refractivity contribution in [1.29, 1.82) is 0 Å². The maximum Gasteiger partial charge on any atom is 0.0757 e. The Morgan fingerprint density at radius 3 is 2.17 bits per heavy atom. The Bertz CT molecular complexity index is 118. The van der Waals surface area contributed by atoms with Gasteiger partial charge in [-0.3, -0.25) is 5.01 Å². The van der Waals surface area contributed by atoms with Crippen LogP contribution in [0.4, 0.5) is 0 Å². The standard InChI is InChI=1S/C9H22N2O/c1-6-7-8(9(2,3)12)10-11(4)5/h8,10,12H,6-7H2,1-5H3. The molecule has 74 valence electrons. The van der Waals surface area contributed by atoms with E-state index in [1.54, 1.807) is 0 Å². The van der Waals surface area contributed by atoms with E-state index in [0.717, 1.165) is 12.8 Å². The first-order valence-corrected chi connectivity index (χ1v) is 4.53. The van der Waals surface area contributed by atoms with Crippen molar-refractivity contribution in [1.82, 2.24) is 10.4 Å². The second kappa shape index (κ2) is 4.80. The highest BCUT2D eigenvalue weighted by Gasteiger charge is 2.25. The maximum absolute atomic E-state index is 9.77. The van der Waals surface area contributed by atoms with Crippen LogP contribution in [0, 0.1) is 0 Å². The Hall–Kier alpha value is -0.120. The number of hydrazine groups is 1. The zero-order chi connectivity index (χ0) is 9.78. The van der Waals surface area contributed by atoms with Gasteiger partial charge in [0.1, 0.15) is 0 Å². The summed E-state index contributed by atoms with van der Waals surface area (Å²) in [4.78, 5) is 0. The number of hydrogen-bond acceptors (Lipinski definition) is 3. The fourth-order valence-corrected chi connectivity index (χ4v) is 1.18. The van der Waals surface area contributed by atoms with E-state index in [1.165, 1.54) is 0 Å². The zero-order valence-electron chi connectivity index (χ0n) is 8.89. The molecule has 0 aliphatic rings. The van der Waals surface area contributed by atoms with Crippen molar-refractivity contribution in [3.8, 4) is 0 Å². The highest BCUT2D eigenvalue weighted by molar-refractivity contribution is 4.81. The summed E-state index contributed by atoms with van der Waals surface area (Å²) in [6.07, 6.45) is 2.07. The fraction of sp³-hybridized carbons (Fsp3) is 1.00. The highest BCUT2D eigenvalue weighted by atomic mass is 16.3. The Morgan fingerprint density at radius 1 is 1.42 bits per heavy atom. The van der Waals surface area contributed by atoms with Crippen LogP contribution in [0.3, 0.4) is 0 Å². The van der Waals surface area contributed by atoms with Crippen LogP contribution in [-0.2, 0) is 0 Å². The molecule has 0 aromatic heterocycles. The first kappa shape index (κ1) is 11.9. The molecule has 1 unspecified atom stereocenters. The molecule has 0 rings (SSSR count). The van der Waals surface area contributed by atoms with Crippen LogP contribution in [0.1, 0.15) is 33.6 Å². The predicted molar refractivity (Wildman–Crippen MR) is 51.8 cm³/mol. The van der Waals surface area contributed by atoms with E-state index in [0.29, 0.717) is 0 Å². The number of nitrogens with zero attached hydrogens (tertiary/aromatic N) is 1. The van der Waals surface area contributed by atoms with Crippen molar-refractivity contribution in [2.24, 2.45) is 0 Å². The van der Waals surface area contributed by atoms with Crippen molar-refractivity contribution < 1.29 is 5.11 Å². The third kappa shape index (κ3) is 4.70. The van der Waals surface area contributed by atoms with E-state index in [9.17, 15) is 5.11 Å². The van der Waals surface area contributed by atoms with Gasteiger partial charge in [0.15, 0.2) is 0 Å². The average molecular weight is 174 g/mol.